The van der Waals surface area contributed by atoms with Crippen LogP contribution in [0.5, 0.6) is 0 Å². The van der Waals surface area contributed by atoms with E-state index < -0.39 is 5.41 Å². The van der Waals surface area contributed by atoms with Crippen LogP contribution in [0, 0.1) is 0 Å². The SMILES string of the molecule is CCCCOCCNc1nc(C(C)(C)C(=O)OCC)cs1. The van der Waals surface area contributed by atoms with Gasteiger partial charge >= 0.3 is 5.97 Å². The molecule has 0 aliphatic heterocycles. The Morgan fingerprint density at radius 3 is 2.81 bits per heavy atom. The van der Waals surface area contributed by atoms with Gasteiger partial charge in [0.25, 0.3) is 0 Å². The summed E-state index contributed by atoms with van der Waals surface area (Å²) in [7, 11) is 0. The summed E-state index contributed by atoms with van der Waals surface area (Å²) in [6.07, 6.45) is 2.24. The second-order valence-corrected chi connectivity index (χ2v) is 6.13. The Bertz CT molecular complexity index is 432. The highest BCUT2D eigenvalue weighted by molar-refractivity contribution is 7.13. The molecule has 0 amide bonds. The molecule has 0 saturated heterocycles. The van der Waals surface area contributed by atoms with E-state index in [1.54, 1.807) is 6.92 Å². The van der Waals surface area contributed by atoms with Gasteiger partial charge in [0.2, 0.25) is 0 Å². The van der Waals surface area contributed by atoms with Crippen LogP contribution in [0.15, 0.2) is 5.38 Å². The van der Waals surface area contributed by atoms with Crippen molar-refractivity contribution in [3.8, 4) is 0 Å². The molecule has 1 heterocycles. The molecule has 21 heavy (non-hydrogen) atoms. The number of unbranched alkanes of at least 4 members (excludes halogenated alkanes) is 1. The number of rotatable bonds is 10. The molecule has 0 unspecified atom stereocenters. The third kappa shape index (κ3) is 5.63. The van der Waals surface area contributed by atoms with Gasteiger partial charge < -0.3 is 14.8 Å². The number of anilines is 1. The molecule has 0 aliphatic carbocycles. The Hall–Kier alpha value is -1.14. The minimum atomic E-state index is -0.718. The fourth-order valence-corrected chi connectivity index (χ4v) is 2.54. The summed E-state index contributed by atoms with van der Waals surface area (Å²) in [5, 5.41) is 5.92. The number of carbonyl (C=O) groups is 1. The molecular formula is C15H26N2O3S. The first-order valence-electron chi connectivity index (χ1n) is 7.47. The van der Waals surface area contributed by atoms with Crippen molar-refractivity contribution >= 4 is 22.4 Å². The molecule has 0 bridgehead atoms. The van der Waals surface area contributed by atoms with E-state index in [0.717, 1.165) is 36.8 Å². The van der Waals surface area contributed by atoms with Crippen molar-refractivity contribution in [2.45, 2.75) is 46.0 Å². The van der Waals surface area contributed by atoms with E-state index in [0.29, 0.717) is 13.2 Å². The number of aromatic nitrogens is 1. The Kier molecular flexibility index (Phi) is 7.67. The maximum atomic E-state index is 11.9. The lowest BCUT2D eigenvalue weighted by molar-refractivity contribution is -0.148. The first kappa shape index (κ1) is 17.9. The molecule has 1 aromatic rings. The van der Waals surface area contributed by atoms with Crippen LogP contribution in [0.4, 0.5) is 5.13 Å². The highest BCUT2D eigenvalue weighted by Crippen LogP contribution is 2.28. The summed E-state index contributed by atoms with van der Waals surface area (Å²) >= 11 is 1.49. The standard InChI is InChI=1S/C15H26N2O3S/c1-5-7-9-19-10-8-16-14-17-12(11-21-14)15(3,4)13(18)20-6-2/h11H,5-10H2,1-4H3,(H,16,17). The smallest absolute Gasteiger partial charge is 0.317 e. The third-order valence-electron chi connectivity index (χ3n) is 3.10. The summed E-state index contributed by atoms with van der Waals surface area (Å²) < 4.78 is 10.6. The molecule has 0 fully saturated rings. The predicted octanol–water partition coefficient (Wildman–Crippen LogP) is 3.21. The molecule has 0 radical (unpaired) electrons. The summed E-state index contributed by atoms with van der Waals surface area (Å²) in [6, 6.07) is 0. The zero-order chi connectivity index (χ0) is 15.7. The monoisotopic (exact) mass is 314 g/mol. The van der Waals surface area contributed by atoms with Crippen LogP contribution in [0.2, 0.25) is 0 Å². The lowest BCUT2D eigenvalue weighted by atomic mass is 9.90. The number of hydrogen-bond donors (Lipinski definition) is 1. The van der Waals surface area contributed by atoms with Crippen molar-refractivity contribution in [3.63, 3.8) is 0 Å². The Balaban J connectivity index is 2.43. The number of carbonyl (C=O) groups excluding carboxylic acids is 1. The van der Waals surface area contributed by atoms with Gasteiger partial charge in [0, 0.05) is 18.5 Å². The fourth-order valence-electron chi connectivity index (χ4n) is 1.64. The van der Waals surface area contributed by atoms with Crippen LogP contribution in [0.3, 0.4) is 0 Å². The number of thiazole rings is 1. The lowest BCUT2D eigenvalue weighted by Gasteiger charge is -2.19. The van der Waals surface area contributed by atoms with Crippen molar-refractivity contribution in [1.29, 1.82) is 0 Å². The summed E-state index contributed by atoms with van der Waals surface area (Å²) in [6.45, 7) is 10.2. The van der Waals surface area contributed by atoms with E-state index in [-0.39, 0.29) is 5.97 Å². The van der Waals surface area contributed by atoms with E-state index in [4.69, 9.17) is 9.47 Å². The number of nitrogens with zero attached hydrogens (tertiary/aromatic N) is 1. The molecule has 0 saturated carbocycles. The van der Waals surface area contributed by atoms with E-state index in [1.807, 2.05) is 19.2 Å². The normalized spacial score (nSPS) is 11.4. The second-order valence-electron chi connectivity index (χ2n) is 5.28. The molecule has 0 spiro atoms. The topological polar surface area (TPSA) is 60.5 Å². The molecular weight excluding hydrogens is 288 g/mol. The molecule has 0 aliphatic rings. The average molecular weight is 314 g/mol. The molecule has 1 N–H and O–H groups in total. The van der Waals surface area contributed by atoms with Gasteiger partial charge in [-0.25, -0.2) is 4.98 Å². The van der Waals surface area contributed by atoms with Gasteiger partial charge in [-0.05, 0) is 27.2 Å². The minimum Gasteiger partial charge on any atom is -0.465 e. The lowest BCUT2D eigenvalue weighted by Crippen LogP contribution is -2.31. The van der Waals surface area contributed by atoms with Crippen molar-refractivity contribution in [3.05, 3.63) is 11.1 Å². The average Bonchev–Trinajstić information content (AvgIpc) is 2.92. The van der Waals surface area contributed by atoms with Crippen LogP contribution >= 0.6 is 11.3 Å². The number of nitrogens with one attached hydrogen (secondary N) is 1. The Labute approximate surface area is 131 Å². The first-order chi connectivity index (χ1) is 10.0. The first-order valence-corrected chi connectivity index (χ1v) is 8.35. The van der Waals surface area contributed by atoms with Crippen molar-refractivity contribution in [2.24, 2.45) is 0 Å². The summed E-state index contributed by atoms with van der Waals surface area (Å²) in [5.74, 6) is -0.246. The van der Waals surface area contributed by atoms with E-state index in [1.165, 1.54) is 11.3 Å². The van der Waals surface area contributed by atoms with Gasteiger partial charge in [-0.2, -0.15) is 0 Å². The van der Waals surface area contributed by atoms with Gasteiger partial charge in [-0.1, -0.05) is 13.3 Å². The molecule has 0 aromatic carbocycles. The van der Waals surface area contributed by atoms with Gasteiger partial charge in [0.15, 0.2) is 5.13 Å². The van der Waals surface area contributed by atoms with Crippen LogP contribution in [-0.2, 0) is 19.7 Å². The Morgan fingerprint density at radius 1 is 1.38 bits per heavy atom. The van der Waals surface area contributed by atoms with E-state index in [2.05, 4.69) is 17.2 Å². The van der Waals surface area contributed by atoms with Gasteiger partial charge in [0.05, 0.1) is 18.9 Å². The maximum absolute atomic E-state index is 11.9. The number of hydrogen-bond acceptors (Lipinski definition) is 6. The van der Waals surface area contributed by atoms with Crippen molar-refractivity contribution < 1.29 is 14.3 Å². The van der Waals surface area contributed by atoms with Crippen LogP contribution in [0.25, 0.3) is 0 Å². The number of ether oxygens (including phenoxy) is 2. The molecule has 1 aromatic heterocycles. The van der Waals surface area contributed by atoms with Crippen LogP contribution in [0.1, 0.15) is 46.2 Å². The predicted molar refractivity (Wildman–Crippen MR) is 86.0 cm³/mol. The second kappa shape index (κ2) is 9.00. The molecule has 120 valence electrons. The zero-order valence-corrected chi connectivity index (χ0v) is 14.2. The number of esters is 1. The summed E-state index contributed by atoms with van der Waals surface area (Å²) in [4.78, 5) is 16.4. The van der Waals surface area contributed by atoms with Gasteiger partial charge in [-0.3, -0.25) is 4.79 Å². The van der Waals surface area contributed by atoms with Crippen LogP contribution in [-0.4, -0.2) is 37.3 Å². The Morgan fingerprint density at radius 2 is 2.14 bits per heavy atom. The highest BCUT2D eigenvalue weighted by atomic mass is 32.1. The van der Waals surface area contributed by atoms with Crippen molar-refractivity contribution in [1.82, 2.24) is 4.98 Å². The largest absolute Gasteiger partial charge is 0.465 e. The minimum absolute atomic E-state index is 0.246. The molecule has 1 rings (SSSR count). The molecule has 6 heteroatoms. The fraction of sp³-hybridized carbons (Fsp3) is 0.733. The highest BCUT2D eigenvalue weighted by Gasteiger charge is 2.33. The van der Waals surface area contributed by atoms with Gasteiger partial charge in [0.1, 0.15) is 5.41 Å². The molecule has 0 atom stereocenters. The molecule has 5 nitrogen and oxygen atoms in total. The van der Waals surface area contributed by atoms with Gasteiger partial charge in [-0.15, -0.1) is 11.3 Å². The third-order valence-corrected chi connectivity index (χ3v) is 3.90. The van der Waals surface area contributed by atoms with E-state index in [9.17, 15) is 4.79 Å². The maximum Gasteiger partial charge on any atom is 0.317 e. The van der Waals surface area contributed by atoms with Crippen molar-refractivity contribution in [2.75, 3.05) is 31.7 Å². The summed E-state index contributed by atoms with van der Waals surface area (Å²) in [5.41, 5.74) is 0.0182. The van der Waals surface area contributed by atoms with E-state index >= 15 is 0 Å². The quantitative estimate of drug-likeness (QED) is 0.531. The zero-order valence-electron chi connectivity index (χ0n) is 13.4. The van der Waals surface area contributed by atoms with Crippen LogP contribution < -0.4 is 5.32 Å².